The predicted molar refractivity (Wildman–Crippen MR) is 119 cm³/mol. The average molecular weight is 450 g/mol. The number of benzene rings is 2. The van der Waals surface area contributed by atoms with Gasteiger partial charge in [0.25, 0.3) is 5.91 Å². The molecule has 1 aliphatic carbocycles. The van der Waals surface area contributed by atoms with E-state index in [1.54, 1.807) is 22.9 Å². The van der Waals surface area contributed by atoms with Crippen LogP contribution < -0.4 is 10.6 Å². The Bertz CT molecular complexity index is 1230. The van der Waals surface area contributed by atoms with Crippen molar-refractivity contribution in [2.75, 3.05) is 11.9 Å². The van der Waals surface area contributed by atoms with E-state index in [9.17, 15) is 18.8 Å². The first-order valence-corrected chi connectivity index (χ1v) is 10.5. The number of esters is 1. The number of ether oxygens (including phenoxy) is 1. The van der Waals surface area contributed by atoms with Gasteiger partial charge < -0.3 is 10.1 Å². The quantitative estimate of drug-likeness (QED) is 0.578. The minimum absolute atomic E-state index is 0.124. The number of anilines is 1. The first kappa shape index (κ1) is 22.2. The second kappa shape index (κ2) is 9.23. The number of carbonyl (C=O) groups is 3. The van der Waals surface area contributed by atoms with Crippen LogP contribution in [-0.4, -0.2) is 34.3 Å². The molecule has 1 heterocycles. The Morgan fingerprint density at radius 2 is 1.85 bits per heavy atom. The van der Waals surface area contributed by atoms with Crippen molar-refractivity contribution in [3.8, 4) is 5.69 Å². The van der Waals surface area contributed by atoms with Gasteiger partial charge in [-0.1, -0.05) is 17.7 Å². The molecule has 0 saturated carbocycles. The van der Waals surface area contributed by atoms with Gasteiger partial charge >= 0.3 is 12.0 Å². The molecule has 33 heavy (non-hydrogen) atoms. The molecule has 0 saturated heterocycles. The lowest BCUT2D eigenvalue weighted by atomic mass is 10.1. The molecule has 0 radical (unpaired) electrons. The van der Waals surface area contributed by atoms with Crippen LogP contribution in [0.15, 0.2) is 42.5 Å². The van der Waals surface area contributed by atoms with Crippen LogP contribution in [0.4, 0.5) is 14.9 Å². The highest BCUT2D eigenvalue weighted by Gasteiger charge is 2.28. The van der Waals surface area contributed by atoms with E-state index < -0.39 is 24.5 Å². The topological polar surface area (TPSA) is 102 Å². The fraction of sp³-hybridized carbons (Fsp3) is 0.250. The van der Waals surface area contributed by atoms with Crippen LogP contribution in [0.5, 0.6) is 0 Å². The van der Waals surface area contributed by atoms with Gasteiger partial charge in [-0.2, -0.15) is 5.10 Å². The number of nitrogens with one attached hydrogen (secondary N) is 2. The Morgan fingerprint density at radius 3 is 2.58 bits per heavy atom. The molecule has 1 aromatic heterocycles. The van der Waals surface area contributed by atoms with E-state index in [0.29, 0.717) is 17.8 Å². The van der Waals surface area contributed by atoms with E-state index in [1.807, 2.05) is 26.0 Å². The van der Waals surface area contributed by atoms with Gasteiger partial charge in [0.2, 0.25) is 0 Å². The number of aryl methyl sites for hydroxylation is 2. The molecule has 0 unspecified atom stereocenters. The van der Waals surface area contributed by atoms with Crippen LogP contribution in [0.2, 0.25) is 0 Å². The van der Waals surface area contributed by atoms with Crippen molar-refractivity contribution in [2.24, 2.45) is 0 Å². The maximum atomic E-state index is 13.3. The number of hydrogen-bond donors (Lipinski definition) is 2. The molecular formula is C24H23FN4O4. The summed E-state index contributed by atoms with van der Waals surface area (Å²) in [6.45, 7) is 3.15. The summed E-state index contributed by atoms with van der Waals surface area (Å²) in [5, 5.41) is 9.08. The molecule has 0 fully saturated rings. The monoisotopic (exact) mass is 450 g/mol. The molecule has 3 amide bonds. The van der Waals surface area contributed by atoms with Gasteiger partial charge in [0.1, 0.15) is 5.82 Å². The van der Waals surface area contributed by atoms with Crippen molar-refractivity contribution >= 4 is 23.6 Å². The summed E-state index contributed by atoms with van der Waals surface area (Å²) in [5.41, 5.74) is 4.87. The zero-order chi connectivity index (χ0) is 23.5. The molecule has 8 nitrogen and oxygen atoms in total. The second-order valence-corrected chi connectivity index (χ2v) is 7.91. The highest BCUT2D eigenvalue weighted by atomic mass is 19.1. The highest BCUT2D eigenvalue weighted by Crippen LogP contribution is 2.28. The van der Waals surface area contributed by atoms with Gasteiger partial charge in [-0.05, 0) is 69.0 Å². The number of urea groups is 1. The van der Waals surface area contributed by atoms with Crippen molar-refractivity contribution < 1.29 is 23.5 Å². The van der Waals surface area contributed by atoms with Crippen LogP contribution in [0.3, 0.4) is 0 Å². The third-order valence-corrected chi connectivity index (χ3v) is 5.41. The molecule has 1 aliphatic rings. The summed E-state index contributed by atoms with van der Waals surface area (Å²) in [6.07, 6.45) is 2.24. The summed E-state index contributed by atoms with van der Waals surface area (Å²) in [7, 11) is 0. The van der Waals surface area contributed by atoms with Crippen LogP contribution in [0, 0.1) is 19.7 Å². The minimum Gasteiger partial charge on any atom is -0.451 e. The van der Waals surface area contributed by atoms with Gasteiger partial charge in [-0.15, -0.1) is 0 Å². The zero-order valence-electron chi connectivity index (χ0n) is 18.3. The molecular weight excluding hydrogens is 427 g/mol. The minimum atomic E-state index is -0.764. The molecule has 2 N–H and O–H groups in total. The van der Waals surface area contributed by atoms with E-state index in [-0.39, 0.29) is 11.5 Å². The van der Waals surface area contributed by atoms with E-state index >= 15 is 0 Å². The molecule has 0 aliphatic heterocycles. The summed E-state index contributed by atoms with van der Waals surface area (Å²) in [4.78, 5) is 36.8. The number of fused-ring (bicyclic) bond motifs is 1. The van der Waals surface area contributed by atoms with Crippen LogP contribution in [0.25, 0.3) is 5.69 Å². The normalized spacial score (nSPS) is 12.2. The zero-order valence-corrected chi connectivity index (χ0v) is 18.3. The molecule has 9 heteroatoms. The van der Waals surface area contributed by atoms with Crippen molar-refractivity contribution in [1.29, 1.82) is 0 Å². The fourth-order valence-electron chi connectivity index (χ4n) is 3.87. The first-order chi connectivity index (χ1) is 15.8. The molecule has 3 aromatic rings. The number of carbonyl (C=O) groups excluding carboxylic acids is 3. The number of hydrogen-bond acceptors (Lipinski definition) is 5. The number of nitrogens with zero attached hydrogens (tertiary/aromatic N) is 2. The van der Waals surface area contributed by atoms with Gasteiger partial charge in [-0.25, -0.2) is 18.7 Å². The number of rotatable bonds is 5. The summed E-state index contributed by atoms with van der Waals surface area (Å²) in [6, 6.07) is 10.6. The highest BCUT2D eigenvalue weighted by molar-refractivity contribution is 6.02. The SMILES string of the molecule is Cc1ccc(NC(=O)NC(=O)COC(=O)c2nn(-c3ccc(F)cc3)c3c2CCC3)c(C)c1. The van der Waals surface area contributed by atoms with E-state index in [1.165, 1.54) is 12.1 Å². The van der Waals surface area contributed by atoms with E-state index in [4.69, 9.17) is 4.74 Å². The Balaban J connectivity index is 1.38. The van der Waals surface area contributed by atoms with Gasteiger partial charge in [-0.3, -0.25) is 10.1 Å². The maximum absolute atomic E-state index is 13.3. The van der Waals surface area contributed by atoms with Gasteiger partial charge in [0, 0.05) is 16.9 Å². The molecule has 170 valence electrons. The Hall–Kier alpha value is -4.01. The summed E-state index contributed by atoms with van der Waals surface area (Å²) < 4.78 is 20.0. The van der Waals surface area contributed by atoms with Crippen molar-refractivity contribution in [1.82, 2.24) is 15.1 Å². The summed E-state index contributed by atoms with van der Waals surface area (Å²) >= 11 is 0. The number of halogens is 1. The number of aromatic nitrogens is 2. The lowest BCUT2D eigenvalue weighted by molar-refractivity contribution is -0.123. The van der Waals surface area contributed by atoms with Crippen molar-refractivity contribution in [2.45, 2.75) is 33.1 Å². The maximum Gasteiger partial charge on any atom is 0.359 e. The van der Waals surface area contributed by atoms with Crippen molar-refractivity contribution in [3.05, 3.63) is 76.4 Å². The average Bonchev–Trinajstić information content (AvgIpc) is 3.38. The van der Waals surface area contributed by atoms with Crippen LogP contribution >= 0.6 is 0 Å². The summed E-state index contributed by atoms with van der Waals surface area (Å²) in [5.74, 6) is -1.88. The fourth-order valence-corrected chi connectivity index (χ4v) is 3.87. The van der Waals surface area contributed by atoms with Crippen LogP contribution in [0.1, 0.15) is 39.3 Å². The predicted octanol–water partition coefficient (Wildman–Crippen LogP) is 3.62. The largest absolute Gasteiger partial charge is 0.451 e. The Kier molecular flexibility index (Phi) is 6.21. The van der Waals surface area contributed by atoms with Crippen LogP contribution in [-0.2, 0) is 22.4 Å². The third kappa shape index (κ3) is 4.92. The smallest absolute Gasteiger partial charge is 0.359 e. The van der Waals surface area contributed by atoms with E-state index in [2.05, 4.69) is 15.7 Å². The first-order valence-electron chi connectivity index (χ1n) is 10.5. The van der Waals surface area contributed by atoms with E-state index in [0.717, 1.165) is 35.2 Å². The third-order valence-electron chi connectivity index (χ3n) is 5.41. The lowest BCUT2D eigenvalue weighted by Gasteiger charge is -2.10. The standard InChI is InChI=1S/C24H23FN4O4/c1-14-6-11-19(15(2)12-14)26-24(32)27-21(30)13-33-23(31)22-18-4-3-5-20(18)29(28-22)17-9-7-16(25)8-10-17/h6-12H,3-5,13H2,1-2H3,(H2,26,27,30,32). The van der Waals surface area contributed by atoms with Gasteiger partial charge in [0.15, 0.2) is 12.3 Å². The second-order valence-electron chi connectivity index (χ2n) is 7.91. The molecule has 4 rings (SSSR count). The molecule has 2 aromatic carbocycles. The molecule has 0 spiro atoms. The lowest BCUT2D eigenvalue weighted by Crippen LogP contribution is -2.37. The Morgan fingerprint density at radius 1 is 1.09 bits per heavy atom. The van der Waals surface area contributed by atoms with Crippen molar-refractivity contribution in [3.63, 3.8) is 0 Å². The molecule has 0 atom stereocenters. The Labute approximate surface area is 189 Å². The number of amides is 3. The van der Waals surface area contributed by atoms with Gasteiger partial charge in [0.05, 0.1) is 5.69 Å². The molecule has 0 bridgehead atoms. The number of imide groups is 1.